The highest BCUT2D eigenvalue weighted by molar-refractivity contribution is 6.31. The van der Waals surface area contributed by atoms with Crippen molar-refractivity contribution >= 4 is 17.3 Å². The SMILES string of the molecule is COc1cc(O)c2c(c1)C(=O)c1cc3c(c(O)c1C2=O)[C@@H](O[C@@H]1O[C@@H](C)[C@H](O)[C@H](O)[C@H]1OC)[C@H](OC)[C@](C)(O)C3=O. The molecule has 13 heteroatoms. The van der Waals surface area contributed by atoms with Gasteiger partial charge in [-0.15, -0.1) is 0 Å². The molecular formula is C28H30O13. The van der Waals surface area contributed by atoms with Gasteiger partial charge in [-0.1, -0.05) is 0 Å². The number of aliphatic hydroxyl groups excluding tert-OH is 2. The second-order valence-electron chi connectivity index (χ2n) is 10.4. The largest absolute Gasteiger partial charge is 0.507 e. The summed E-state index contributed by atoms with van der Waals surface area (Å²) in [7, 11) is 3.75. The van der Waals surface area contributed by atoms with Gasteiger partial charge < -0.3 is 49.2 Å². The van der Waals surface area contributed by atoms with Gasteiger partial charge in [0.15, 0.2) is 23.5 Å². The van der Waals surface area contributed by atoms with E-state index in [1.54, 1.807) is 0 Å². The fraction of sp³-hybridized carbons (Fsp3) is 0.464. The molecule has 5 N–H and O–H groups in total. The number of ketones is 3. The molecule has 220 valence electrons. The Labute approximate surface area is 233 Å². The Bertz CT molecular complexity index is 1450. The second kappa shape index (κ2) is 10.1. The molecule has 0 unspecified atom stereocenters. The smallest absolute Gasteiger partial charge is 0.201 e. The van der Waals surface area contributed by atoms with Gasteiger partial charge in [0.05, 0.1) is 24.3 Å². The number of hydrogen-bond acceptors (Lipinski definition) is 13. The third kappa shape index (κ3) is 4.15. The van der Waals surface area contributed by atoms with E-state index in [1.807, 2.05) is 0 Å². The number of benzene rings is 2. The van der Waals surface area contributed by atoms with E-state index in [4.69, 9.17) is 23.7 Å². The van der Waals surface area contributed by atoms with Gasteiger partial charge in [-0.3, -0.25) is 14.4 Å². The number of phenolic OH excluding ortho intramolecular Hbond substituents is 2. The van der Waals surface area contributed by atoms with Crippen molar-refractivity contribution in [3.05, 3.63) is 51.6 Å². The molecule has 0 spiro atoms. The fourth-order valence-electron chi connectivity index (χ4n) is 5.82. The number of fused-ring (bicyclic) bond motifs is 3. The van der Waals surface area contributed by atoms with Crippen molar-refractivity contribution in [3.63, 3.8) is 0 Å². The number of carbonyl (C=O) groups excluding carboxylic acids is 3. The summed E-state index contributed by atoms with van der Waals surface area (Å²) in [6.45, 7) is 2.65. The number of Topliss-reactive ketones (excluding diaryl/α,β-unsaturated/α-hetero) is 1. The molecule has 2 aromatic rings. The molecule has 41 heavy (non-hydrogen) atoms. The van der Waals surface area contributed by atoms with Crippen molar-refractivity contribution in [1.82, 2.24) is 0 Å². The first-order valence-electron chi connectivity index (χ1n) is 12.7. The Hall–Kier alpha value is -3.43. The number of phenols is 2. The Kier molecular flexibility index (Phi) is 7.19. The molecule has 8 atom stereocenters. The number of hydrogen-bond donors (Lipinski definition) is 5. The minimum atomic E-state index is -2.25. The second-order valence-corrected chi connectivity index (χ2v) is 10.4. The maximum Gasteiger partial charge on any atom is 0.201 e. The van der Waals surface area contributed by atoms with E-state index in [0.717, 1.165) is 12.1 Å². The van der Waals surface area contributed by atoms with Gasteiger partial charge >= 0.3 is 0 Å². The van der Waals surface area contributed by atoms with Gasteiger partial charge in [-0.25, -0.2) is 0 Å². The first-order valence-corrected chi connectivity index (χ1v) is 12.7. The van der Waals surface area contributed by atoms with Gasteiger partial charge in [-0.05, 0) is 26.0 Å². The summed E-state index contributed by atoms with van der Waals surface area (Å²) in [5.41, 5.74) is -4.24. The van der Waals surface area contributed by atoms with E-state index in [9.17, 15) is 39.9 Å². The first-order chi connectivity index (χ1) is 19.3. The first kappa shape index (κ1) is 29.1. The van der Waals surface area contributed by atoms with Crippen LogP contribution in [-0.2, 0) is 18.9 Å². The zero-order valence-electron chi connectivity index (χ0n) is 22.8. The summed E-state index contributed by atoms with van der Waals surface area (Å²) in [6.07, 6.45) is -9.35. The van der Waals surface area contributed by atoms with Crippen LogP contribution < -0.4 is 4.74 Å². The molecular weight excluding hydrogens is 544 g/mol. The molecule has 1 saturated heterocycles. The molecule has 0 bridgehead atoms. The minimum Gasteiger partial charge on any atom is -0.507 e. The van der Waals surface area contributed by atoms with Gasteiger partial charge in [-0.2, -0.15) is 0 Å². The van der Waals surface area contributed by atoms with Crippen LogP contribution in [0, 0.1) is 0 Å². The molecule has 1 fully saturated rings. The Morgan fingerprint density at radius 2 is 1.54 bits per heavy atom. The monoisotopic (exact) mass is 574 g/mol. The summed E-state index contributed by atoms with van der Waals surface area (Å²) in [4.78, 5) is 40.7. The average Bonchev–Trinajstić information content (AvgIpc) is 2.92. The molecule has 2 aromatic carbocycles. The molecule has 1 aliphatic heterocycles. The molecule has 5 rings (SSSR count). The van der Waals surface area contributed by atoms with Crippen LogP contribution in [0.25, 0.3) is 0 Å². The van der Waals surface area contributed by atoms with Crippen LogP contribution in [0.1, 0.15) is 67.7 Å². The summed E-state index contributed by atoms with van der Waals surface area (Å²) < 4.78 is 27.7. The van der Waals surface area contributed by atoms with E-state index in [2.05, 4.69) is 0 Å². The Morgan fingerprint density at radius 1 is 0.878 bits per heavy atom. The minimum absolute atomic E-state index is 0.102. The third-order valence-corrected chi connectivity index (χ3v) is 8.02. The Balaban J connectivity index is 1.71. The van der Waals surface area contributed by atoms with E-state index >= 15 is 0 Å². The van der Waals surface area contributed by atoms with Gasteiger partial charge in [0.1, 0.15) is 47.8 Å². The van der Waals surface area contributed by atoms with E-state index in [-0.39, 0.29) is 33.6 Å². The van der Waals surface area contributed by atoms with E-state index in [0.29, 0.717) is 0 Å². The van der Waals surface area contributed by atoms with E-state index < -0.39 is 82.9 Å². The van der Waals surface area contributed by atoms with Gasteiger partial charge in [0, 0.05) is 42.5 Å². The average molecular weight is 575 g/mol. The number of aromatic hydroxyl groups is 2. The number of ether oxygens (including phenoxy) is 5. The highest BCUT2D eigenvalue weighted by atomic mass is 16.7. The lowest BCUT2D eigenvalue weighted by atomic mass is 9.72. The molecule has 3 aliphatic rings. The van der Waals surface area contributed by atoms with Crippen molar-refractivity contribution in [2.24, 2.45) is 0 Å². The zero-order chi connectivity index (χ0) is 30.1. The summed E-state index contributed by atoms with van der Waals surface area (Å²) in [5.74, 6) is -3.85. The predicted molar refractivity (Wildman–Crippen MR) is 136 cm³/mol. The number of rotatable bonds is 5. The van der Waals surface area contributed by atoms with Crippen molar-refractivity contribution in [2.45, 2.75) is 62.4 Å². The van der Waals surface area contributed by atoms with Crippen LogP contribution in [0.15, 0.2) is 18.2 Å². The van der Waals surface area contributed by atoms with Gasteiger partial charge in [0.25, 0.3) is 0 Å². The molecule has 0 aromatic heterocycles. The molecule has 2 aliphatic carbocycles. The lowest BCUT2D eigenvalue weighted by Crippen LogP contribution is -2.60. The van der Waals surface area contributed by atoms with E-state index in [1.165, 1.54) is 41.2 Å². The third-order valence-electron chi connectivity index (χ3n) is 8.02. The summed E-state index contributed by atoms with van der Waals surface area (Å²) in [6, 6.07) is 3.48. The van der Waals surface area contributed by atoms with Crippen LogP contribution in [0.2, 0.25) is 0 Å². The topological polar surface area (TPSA) is 199 Å². The molecule has 0 saturated carbocycles. The highest BCUT2D eigenvalue weighted by Gasteiger charge is 2.56. The van der Waals surface area contributed by atoms with Crippen molar-refractivity contribution < 1.29 is 63.6 Å². The quantitative estimate of drug-likeness (QED) is 0.281. The van der Waals surface area contributed by atoms with Crippen LogP contribution >= 0.6 is 0 Å². The van der Waals surface area contributed by atoms with Gasteiger partial charge in [0.2, 0.25) is 5.78 Å². The van der Waals surface area contributed by atoms with Crippen molar-refractivity contribution in [2.75, 3.05) is 21.3 Å². The summed E-state index contributed by atoms with van der Waals surface area (Å²) in [5, 5.41) is 54.2. The van der Waals surface area contributed by atoms with Crippen LogP contribution in [0.5, 0.6) is 17.2 Å². The van der Waals surface area contributed by atoms with Crippen LogP contribution in [0.3, 0.4) is 0 Å². The summed E-state index contributed by atoms with van der Waals surface area (Å²) >= 11 is 0. The highest BCUT2D eigenvalue weighted by Crippen LogP contribution is 2.49. The fourth-order valence-corrected chi connectivity index (χ4v) is 5.82. The number of methoxy groups -OCH3 is 3. The number of aliphatic hydroxyl groups is 3. The maximum atomic E-state index is 13.6. The maximum absolute atomic E-state index is 13.6. The standard InChI is InChI=1S/C28H30O13/c1-9-18(30)22(34)24(38-4)27(40-9)41-23-17-13(25(35)28(2,36)26(23)39-5)8-12-16(21(17)33)20(32)15-11(19(12)31)6-10(37-3)7-14(15)29/h6-9,18,22-24,26-27,29-30,33-34,36H,1-5H3/t9-,18-,22-,23+,24+,26-,27-,28+/m0/s1. The lowest BCUT2D eigenvalue weighted by molar-refractivity contribution is -0.321. The molecule has 13 nitrogen and oxygen atoms in total. The zero-order valence-corrected chi connectivity index (χ0v) is 22.8. The number of carbonyl (C=O) groups is 3. The Morgan fingerprint density at radius 3 is 2.15 bits per heavy atom. The molecule has 0 radical (unpaired) electrons. The normalized spacial score (nSPS) is 32.8. The van der Waals surface area contributed by atoms with Crippen molar-refractivity contribution in [1.29, 1.82) is 0 Å². The molecule has 1 heterocycles. The van der Waals surface area contributed by atoms with Crippen LogP contribution in [0.4, 0.5) is 0 Å². The lowest BCUT2D eigenvalue weighted by Gasteiger charge is -2.46. The van der Waals surface area contributed by atoms with Crippen molar-refractivity contribution in [3.8, 4) is 17.2 Å². The van der Waals surface area contributed by atoms with Crippen LogP contribution in [-0.4, -0.2) is 107 Å². The molecule has 0 amide bonds. The predicted octanol–water partition coefficient (Wildman–Crippen LogP) is 0.383.